The van der Waals surface area contributed by atoms with Crippen LogP contribution in [-0.4, -0.2) is 39.5 Å². The molecule has 1 rings (SSSR count). The van der Waals surface area contributed by atoms with Crippen molar-refractivity contribution < 1.29 is 4.79 Å². The Hall–Kier alpha value is -1.07. The number of aryl methyl sites for hydroxylation is 2. The molecule has 116 valence electrons. The number of imidazole rings is 1. The summed E-state index contributed by atoms with van der Waals surface area (Å²) >= 11 is 0. The highest BCUT2D eigenvalue weighted by molar-refractivity contribution is 5.85. The second-order valence-electron chi connectivity index (χ2n) is 5.42. The summed E-state index contributed by atoms with van der Waals surface area (Å²) in [6, 6.07) is 0. The summed E-state index contributed by atoms with van der Waals surface area (Å²) in [5, 5.41) is 0. The molecule has 0 aliphatic heterocycles. The molecule has 0 aromatic carbocycles. The smallest absolute Gasteiger partial charge is 0.242 e. The van der Waals surface area contributed by atoms with Crippen LogP contribution in [0.4, 0.5) is 0 Å². The summed E-state index contributed by atoms with van der Waals surface area (Å²) in [5.74, 6) is 1.03. The predicted molar refractivity (Wildman–Crippen MR) is 84.0 cm³/mol. The van der Waals surface area contributed by atoms with Gasteiger partial charge in [0.15, 0.2) is 0 Å². The number of hydrogen-bond donors (Lipinski definition) is 1. The Labute approximate surface area is 127 Å². The van der Waals surface area contributed by atoms with Gasteiger partial charge in [0.25, 0.3) is 0 Å². The minimum atomic E-state index is -0.742. The highest BCUT2D eigenvalue weighted by atomic mass is 35.5. The Morgan fingerprint density at radius 1 is 1.55 bits per heavy atom. The fraction of sp³-hybridized carbons (Fsp3) is 0.714. The van der Waals surface area contributed by atoms with Crippen LogP contribution in [0.2, 0.25) is 0 Å². The summed E-state index contributed by atoms with van der Waals surface area (Å²) in [6.45, 7) is 7.42. The first kappa shape index (κ1) is 18.9. The van der Waals surface area contributed by atoms with Crippen molar-refractivity contribution in [2.45, 2.75) is 52.1 Å². The van der Waals surface area contributed by atoms with E-state index in [-0.39, 0.29) is 18.3 Å². The van der Waals surface area contributed by atoms with Crippen molar-refractivity contribution >= 4 is 18.3 Å². The lowest BCUT2D eigenvalue weighted by molar-refractivity contribution is -0.135. The molecule has 1 aromatic heterocycles. The van der Waals surface area contributed by atoms with E-state index < -0.39 is 5.54 Å². The Kier molecular flexibility index (Phi) is 7.83. The summed E-state index contributed by atoms with van der Waals surface area (Å²) in [6.07, 6.45) is 6.29. The third-order valence-corrected chi connectivity index (χ3v) is 3.42. The summed E-state index contributed by atoms with van der Waals surface area (Å²) in [5.41, 5.74) is 5.31. The van der Waals surface area contributed by atoms with Crippen molar-refractivity contribution in [3.05, 3.63) is 18.2 Å². The lowest BCUT2D eigenvalue weighted by Crippen LogP contribution is -2.52. The normalized spacial score (nSPS) is 13.4. The van der Waals surface area contributed by atoms with Gasteiger partial charge in [-0.05, 0) is 26.7 Å². The summed E-state index contributed by atoms with van der Waals surface area (Å²) in [7, 11) is 1.82. The Morgan fingerprint density at radius 3 is 2.70 bits per heavy atom. The summed E-state index contributed by atoms with van der Waals surface area (Å²) < 4.78 is 2.09. The van der Waals surface area contributed by atoms with E-state index in [9.17, 15) is 4.79 Å². The predicted octanol–water partition coefficient (Wildman–Crippen LogP) is 1.98. The minimum absolute atomic E-state index is 0. The molecule has 0 saturated heterocycles. The van der Waals surface area contributed by atoms with Gasteiger partial charge in [0, 0.05) is 32.5 Å². The molecule has 0 bridgehead atoms. The molecular formula is C14H27ClN4O. The van der Waals surface area contributed by atoms with Crippen molar-refractivity contribution in [3.8, 4) is 0 Å². The van der Waals surface area contributed by atoms with Crippen molar-refractivity contribution in [2.24, 2.45) is 5.73 Å². The van der Waals surface area contributed by atoms with Crippen LogP contribution in [0.15, 0.2) is 12.4 Å². The number of hydrogen-bond acceptors (Lipinski definition) is 3. The second kappa shape index (κ2) is 8.27. The number of amides is 1. The molecule has 0 fully saturated rings. The first-order chi connectivity index (χ1) is 8.88. The maximum Gasteiger partial charge on any atom is 0.242 e. The van der Waals surface area contributed by atoms with Gasteiger partial charge in [0.2, 0.25) is 5.91 Å². The molecule has 1 amide bonds. The zero-order chi connectivity index (χ0) is 14.5. The Balaban J connectivity index is 0.00000361. The van der Waals surface area contributed by atoms with Crippen molar-refractivity contribution in [1.82, 2.24) is 14.5 Å². The van der Waals surface area contributed by atoms with E-state index >= 15 is 0 Å². The zero-order valence-corrected chi connectivity index (χ0v) is 13.7. The van der Waals surface area contributed by atoms with Gasteiger partial charge in [-0.15, -0.1) is 12.4 Å². The maximum atomic E-state index is 12.2. The number of carbonyl (C=O) groups is 1. The van der Waals surface area contributed by atoms with E-state index in [4.69, 9.17) is 5.73 Å². The topological polar surface area (TPSA) is 64.2 Å². The van der Waals surface area contributed by atoms with Crippen molar-refractivity contribution in [1.29, 1.82) is 0 Å². The van der Waals surface area contributed by atoms with Gasteiger partial charge in [-0.3, -0.25) is 4.79 Å². The Morgan fingerprint density at radius 2 is 2.20 bits per heavy atom. The fourth-order valence-electron chi connectivity index (χ4n) is 2.28. The van der Waals surface area contributed by atoms with Gasteiger partial charge >= 0.3 is 0 Å². The standard InChI is InChI=1S/C14H26N4O.ClH/c1-5-7-14(3,15)13(19)17(4)9-6-10-18-11-8-16-12(18)2;/h8,11H,5-7,9-10,15H2,1-4H3;1H. The molecule has 0 aliphatic rings. The number of likely N-dealkylation sites (N-methyl/N-ethyl adjacent to an activating group) is 1. The van der Waals surface area contributed by atoms with E-state index in [0.29, 0.717) is 6.54 Å². The van der Waals surface area contributed by atoms with Crippen LogP contribution < -0.4 is 5.73 Å². The van der Waals surface area contributed by atoms with Crippen LogP contribution in [0, 0.1) is 6.92 Å². The first-order valence-electron chi connectivity index (χ1n) is 6.90. The average Bonchev–Trinajstić information content (AvgIpc) is 2.74. The molecule has 1 unspecified atom stereocenters. The molecule has 0 saturated carbocycles. The maximum absolute atomic E-state index is 12.2. The average molecular weight is 303 g/mol. The molecule has 0 radical (unpaired) electrons. The van der Waals surface area contributed by atoms with Crippen molar-refractivity contribution in [3.63, 3.8) is 0 Å². The molecule has 1 atom stereocenters. The molecule has 0 aliphatic carbocycles. The number of rotatable bonds is 7. The van der Waals surface area contributed by atoms with E-state index in [2.05, 4.69) is 9.55 Å². The Bertz CT molecular complexity index is 417. The van der Waals surface area contributed by atoms with Crippen LogP contribution in [0.5, 0.6) is 0 Å². The molecule has 20 heavy (non-hydrogen) atoms. The van der Waals surface area contributed by atoms with Gasteiger partial charge in [0.1, 0.15) is 5.82 Å². The first-order valence-corrected chi connectivity index (χ1v) is 6.90. The number of aromatic nitrogens is 2. The van der Waals surface area contributed by atoms with E-state index in [1.54, 1.807) is 11.1 Å². The molecule has 5 nitrogen and oxygen atoms in total. The molecule has 6 heteroatoms. The molecule has 2 N–H and O–H groups in total. The fourth-order valence-corrected chi connectivity index (χ4v) is 2.28. The van der Waals surface area contributed by atoms with Gasteiger partial charge < -0.3 is 15.2 Å². The number of nitrogens with zero attached hydrogens (tertiary/aromatic N) is 3. The van der Waals surface area contributed by atoms with Gasteiger partial charge in [-0.2, -0.15) is 0 Å². The van der Waals surface area contributed by atoms with E-state index in [0.717, 1.165) is 31.6 Å². The number of carbonyl (C=O) groups excluding carboxylic acids is 1. The molecule has 1 aromatic rings. The third-order valence-electron chi connectivity index (χ3n) is 3.42. The largest absolute Gasteiger partial charge is 0.344 e. The number of nitrogens with two attached hydrogens (primary N) is 1. The van der Waals surface area contributed by atoms with E-state index in [1.807, 2.05) is 34.0 Å². The monoisotopic (exact) mass is 302 g/mol. The zero-order valence-electron chi connectivity index (χ0n) is 12.9. The number of halogens is 1. The SMILES string of the molecule is CCCC(C)(N)C(=O)N(C)CCCn1ccnc1C.Cl. The molecule has 0 spiro atoms. The van der Waals surface area contributed by atoms with Crippen LogP contribution in [0.1, 0.15) is 38.9 Å². The lowest BCUT2D eigenvalue weighted by Gasteiger charge is -2.29. The second-order valence-corrected chi connectivity index (χ2v) is 5.42. The highest BCUT2D eigenvalue weighted by Gasteiger charge is 2.29. The molecular weight excluding hydrogens is 276 g/mol. The lowest BCUT2D eigenvalue weighted by atomic mass is 9.96. The van der Waals surface area contributed by atoms with Gasteiger partial charge in [0.05, 0.1) is 5.54 Å². The highest BCUT2D eigenvalue weighted by Crippen LogP contribution is 2.12. The summed E-state index contributed by atoms with van der Waals surface area (Å²) in [4.78, 5) is 18.1. The quantitative estimate of drug-likeness (QED) is 0.837. The van der Waals surface area contributed by atoms with E-state index in [1.165, 1.54) is 0 Å². The minimum Gasteiger partial charge on any atom is -0.344 e. The third kappa shape index (κ3) is 5.13. The van der Waals surface area contributed by atoms with Crippen LogP contribution >= 0.6 is 12.4 Å². The van der Waals surface area contributed by atoms with Crippen LogP contribution in [0.25, 0.3) is 0 Å². The van der Waals surface area contributed by atoms with Gasteiger partial charge in [-0.25, -0.2) is 4.98 Å². The van der Waals surface area contributed by atoms with Crippen LogP contribution in [-0.2, 0) is 11.3 Å². The van der Waals surface area contributed by atoms with Gasteiger partial charge in [-0.1, -0.05) is 13.3 Å². The molecule has 1 heterocycles. The van der Waals surface area contributed by atoms with Crippen LogP contribution in [0.3, 0.4) is 0 Å². The van der Waals surface area contributed by atoms with Crippen molar-refractivity contribution in [2.75, 3.05) is 13.6 Å².